The first-order valence-electron chi connectivity index (χ1n) is 6.15. The first-order chi connectivity index (χ1) is 9.02. The molecule has 0 spiro atoms. The summed E-state index contributed by atoms with van der Waals surface area (Å²) < 4.78 is 0. The van der Waals surface area contributed by atoms with E-state index in [0.717, 1.165) is 32.0 Å². The molecule has 1 aliphatic heterocycles. The molecule has 0 bridgehead atoms. The molecule has 0 aromatic carbocycles. The van der Waals surface area contributed by atoms with E-state index in [-0.39, 0.29) is 5.56 Å². The fraction of sp³-hybridized carbons (Fsp3) is 0.500. The zero-order valence-corrected chi connectivity index (χ0v) is 10.6. The van der Waals surface area contributed by atoms with Gasteiger partial charge in [0.25, 0.3) is 0 Å². The van der Waals surface area contributed by atoms with E-state index in [1.54, 1.807) is 0 Å². The average molecular weight is 265 g/mol. The van der Waals surface area contributed by atoms with Crippen molar-refractivity contribution in [1.82, 2.24) is 4.98 Å². The van der Waals surface area contributed by atoms with Crippen LogP contribution in [0.25, 0.3) is 0 Å². The molecule has 1 fully saturated rings. The molecule has 0 amide bonds. The second-order valence-corrected chi connectivity index (χ2v) is 4.63. The number of pyridine rings is 1. The number of hydrogen-bond donors (Lipinski definition) is 1. The van der Waals surface area contributed by atoms with Gasteiger partial charge >= 0.3 is 11.8 Å². The molecule has 19 heavy (non-hydrogen) atoms. The van der Waals surface area contributed by atoms with Crippen LogP contribution < -0.4 is 4.90 Å². The molecule has 102 valence electrons. The average Bonchev–Trinajstić information content (AvgIpc) is 2.86. The Morgan fingerprint density at radius 3 is 2.95 bits per heavy atom. The first kappa shape index (κ1) is 13.3. The Morgan fingerprint density at radius 1 is 1.68 bits per heavy atom. The minimum atomic E-state index is -1.17. The Labute approximate surface area is 110 Å². The summed E-state index contributed by atoms with van der Waals surface area (Å²) in [5, 5.41) is 19.8. The number of hydrogen-bond acceptors (Lipinski definition) is 5. The zero-order chi connectivity index (χ0) is 14.0. The van der Waals surface area contributed by atoms with E-state index in [1.165, 1.54) is 6.20 Å². The van der Waals surface area contributed by atoms with Gasteiger partial charge in [0.15, 0.2) is 6.20 Å². The highest BCUT2D eigenvalue weighted by atomic mass is 16.6. The van der Waals surface area contributed by atoms with Gasteiger partial charge in [0.05, 0.1) is 17.3 Å². The van der Waals surface area contributed by atoms with Crippen LogP contribution >= 0.6 is 0 Å². The maximum absolute atomic E-state index is 11.2. The highest BCUT2D eigenvalue weighted by Crippen LogP contribution is 2.29. The molecule has 0 radical (unpaired) electrons. The Bertz CT molecular complexity index is 518. The summed E-state index contributed by atoms with van der Waals surface area (Å²) in [5.74, 6) is -1.07. The van der Waals surface area contributed by atoms with E-state index in [2.05, 4.69) is 11.9 Å². The molecule has 1 atom stereocenters. The molecule has 1 N–H and O–H groups in total. The van der Waals surface area contributed by atoms with Crippen molar-refractivity contribution in [3.05, 3.63) is 27.9 Å². The molecule has 7 nitrogen and oxygen atoms in total. The van der Waals surface area contributed by atoms with Crippen molar-refractivity contribution in [1.29, 1.82) is 0 Å². The predicted octanol–water partition coefficient (Wildman–Crippen LogP) is 1.92. The van der Waals surface area contributed by atoms with Gasteiger partial charge < -0.3 is 20.1 Å². The van der Waals surface area contributed by atoms with E-state index in [9.17, 15) is 20.0 Å². The van der Waals surface area contributed by atoms with Crippen molar-refractivity contribution in [2.75, 3.05) is 18.0 Å². The van der Waals surface area contributed by atoms with Gasteiger partial charge in [-0.25, -0.2) is 4.79 Å². The number of aromatic carboxylic acids is 1. The van der Waals surface area contributed by atoms with Crippen molar-refractivity contribution in [2.24, 2.45) is 5.92 Å². The fourth-order valence-electron chi connectivity index (χ4n) is 2.34. The molecule has 1 saturated heterocycles. The predicted molar refractivity (Wildman–Crippen MR) is 68.5 cm³/mol. The number of nitro groups is 1. The summed E-state index contributed by atoms with van der Waals surface area (Å²) >= 11 is 0. The van der Waals surface area contributed by atoms with E-state index >= 15 is 0 Å². The summed E-state index contributed by atoms with van der Waals surface area (Å²) in [6, 6.07) is 1.02. The molecule has 1 unspecified atom stereocenters. The molecule has 1 aliphatic rings. The van der Waals surface area contributed by atoms with E-state index < -0.39 is 16.7 Å². The molecular weight excluding hydrogens is 250 g/mol. The van der Waals surface area contributed by atoms with Crippen molar-refractivity contribution >= 4 is 17.5 Å². The number of rotatable bonds is 4. The van der Waals surface area contributed by atoms with Gasteiger partial charge in [-0.2, -0.15) is 0 Å². The molecule has 2 heterocycles. The van der Waals surface area contributed by atoms with Gasteiger partial charge in [-0.1, -0.05) is 13.3 Å². The second-order valence-electron chi connectivity index (χ2n) is 4.63. The molecule has 0 saturated carbocycles. The lowest BCUT2D eigenvalue weighted by atomic mass is 10.1. The van der Waals surface area contributed by atoms with Crippen LogP contribution in [0.1, 0.15) is 30.1 Å². The third-order valence-corrected chi connectivity index (χ3v) is 3.49. The quantitative estimate of drug-likeness (QED) is 0.660. The largest absolute Gasteiger partial charge is 0.478 e. The van der Waals surface area contributed by atoms with E-state index in [4.69, 9.17) is 0 Å². The Morgan fingerprint density at radius 2 is 2.42 bits per heavy atom. The smallest absolute Gasteiger partial charge is 0.364 e. The van der Waals surface area contributed by atoms with Crippen molar-refractivity contribution < 1.29 is 14.8 Å². The van der Waals surface area contributed by atoms with Crippen molar-refractivity contribution in [2.45, 2.75) is 19.8 Å². The van der Waals surface area contributed by atoms with Gasteiger partial charge in [-0.05, 0) is 22.2 Å². The minimum absolute atomic E-state index is 0.0570. The van der Waals surface area contributed by atoms with E-state index in [0.29, 0.717) is 11.6 Å². The summed E-state index contributed by atoms with van der Waals surface area (Å²) in [4.78, 5) is 26.8. The highest BCUT2D eigenvalue weighted by molar-refractivity contribution is 5.94. The van der Waals surface area contributed by atoms with Crippen LogP contribution in [0.4, 0.5) is 11.5 Å². The minimum Gasteiger partial charge on any atom is -0.478 e. The Hall–Kier alpha value is -2.18. The summed E-state index contributed by atoms with van der Waals surface area (Å²) in [6.07, 6.45) is 3.34. The molecule has 7 heteroatoms. The molecular formula is C12H15N3O4. The topological polar surface area (TPSA) is 96.6 Å². The number of aromatic nitrogens is 1. The van der Waals surface area contributed by atoms with Crippen LogP contribution in [0.3, 0.4) is 0 Å². The van der Waals surface area contributed by atoms with Crippen LogP contribution in [0, 0.1) is 16.0 Å². The number of carboxylic acids is 1. The van der Waals surface area contributed by atoms with Crippen LogP contribution in [0.2, 0.25) is 0 Å². The lowest BCUT2D eigenvalue weighted by Gasteiger charge is -2.18. The Kier molecular flexibility index (Phi) is 3.64. The molecule has 2 rings (SSSR count). The zero-order valence-electron chi connectivity index (χ0n) is 10.6. The summed E-state index contributed by atoms with van der Waals surface area (Å²) in [5.41, 5.74) is 0.410. The van der Waals surface area contributed by atoms with Gasteiger partial charge in [-0.3, -0.25) is 0 Å². The lowest BCUT2D eigenvalue weighted by molar-refractivity contribution is -0.389. The van der Waals surface area contributed by atoms with Gasteiger partial charge in [0, 0.05) is 13.1 Å². The van der Waals surface area contributed by atoms with Crippen molar-refractivity contribution in [3.8, 4) is 0 Å². The van der Waals surface area contributed by atoms with Crippen LogP contribution in [0.5, 0.6) is 0 Å². The molecule has 0 aliphatic carbocycles. The van der Waals surface area contributed by atoms with Crippen LogP contribution in [-0.4, -0.2) is 34.1 Å². The van der Waals surface area contributed by atoms with Crippen LogP contribution in [0.15, 0.2) is 12.3 Å². The third kappa shape index (κ3) is 2.64. The summed E-state index contributed by atoms with van der Waals surface area (Å²) in [7, 11) is 0. The first-order valence-corrected chi connectivity index (χ1v) is 6.15. The fourth-order valence-corrected chi connectivity index (χ4v) is 2.34. The Balaban J connectivity index is 2.35. The molecule has 1 aromatic rings. The number of anilines is 1. The standard InChI is InChI=1S/C12H15N3O4/c1-2-8-3-4-14(7-8)10-6-13-11(15(18)19)5-9(10)12(16)17/h5-6,8H,2-4,7H2,1H3,(H,16,17). The van der Waals surface area contributed by atoms with Gasteiger partial charge in [-0.15, -0.1) is 0 Å². The lowest BCUT2D eigenvalue weighted by Crippen LogP contribution is -2.22. The number of nitrogens with zero attached hydrogens (tertiary/aromatic N) is 3. The highest BCUT2D eigenvalue weighted by Gasteiger charge is 2.27. The second kappa shape index (κ2) is 5.21. The number of carboxylic acid groups (broad SMARTS) is 1. The third-order valence-electron chi connectivity index (χ3n) is 3.49. The van der Waals surface area contributed by atoms with Crippen molar-refractivity contribution in [3.63, 3.8) is 0 Å². The van der Waals surface area contributed by atoms with E-state index in [1.807, 2.05) is 4.90 Å². The van der Waals surface area contributed by atoms with Gasteiger partial charge in [0.2, 0.25) is 0 Å². The maximum Gasteiger partial charge on any atom is 0.364 e. The normalized spacial score (nSPS) is 18.6. The summed E-state index contributed by atoms with van der Waals surface area (Å²) in [6.45, 7) is 3.63. The maximum atomic E-state index is 11.2. The van der Waals surface area contributed by atoms with Crippen LogP contribution in [-0.2, 0) is 0 Å². The SMILES string of the molecule is CCC1CCN(c2cnc([N+](=O)[O-])cc2C(=O)O)C1. The monoisotopic (exact) mass is 265 g/mol. The number of carbonyl (C=O) groups is 1. The van der Waals surface area contributed by atoms with Gasteiger partial charge in [0.1, 0.15) is 0 Å². The molecule has 1 aromatic heterocycles.